The van der Waals surface area contributed by atoms with Crippen LogP contribution in [-0.4, -0.2) is 44.7 Å². The Labute approximate surface area is 176 Å². The van der Waals surface area contributed by atoms with Gasteiger partial charge in [-0.3, -0.25) is 9.59 Å². The summed E-state index contributed by atoms with van der Waals surface area (Å²) in [6.45, 7) is 3.45. The van der Waals surface area contributed by atoms with E-state index in [-0.39, 0.29) is 22.9 Å². The smallest absolute Gasteiger partial charge is 0.254 e. The third-order valence-corrected chi connectivity index (χ3v) is 6.45. The number of benzene rings is 2. The van der Waals surface area contributed by atoms with Crippen molar-refractivity contribution in [2.24, 2.45) is 5.92 Å². The number of amides is 2. The van der Waals surface area contributed by atoms with Crippen LogP contribution in [0.5, 0.6) is 0 Å². The Balaban J connectivity index is 2.16. The quantitative estimate of drug-likeness (QED) is 0.664. The van der Waals surface area contributed by atoms with E-state index in [4.69, 9.17) is 0 Å². The van der Waals surface area contributed by atoms with E-state index < -0.39 is 33.7 Å². The fraction of sp³-hybridized carbons (Fsp3) is 0.333. The van der Waals surface area contributed by atoms with Crippen LogP contribution >= 0.6 is 0 Å². The maximum atomic E-state index is 13.9. The molecule has 0 fully saturated rings. The lowest BCUT2D eigenvalue weighted by Gasteiger charge is -2.22. The predicted octanol–water partition coefficient (Wildman–Crippen LogP) is 2.15. The molecule has 2 rings (SSSR count). The number of halogens is 1. The maximum absolute atomic E-state index is 13.9. The van der Waals surface area contributed by atoms with Crippen LogP contribution in [0.1, 0.15) is 29.8 Å². The molecule has 0 saturated carbocycles. The molecule has 0 spiro atoms. The fourth-order valence-electron chi connectivity index (χ4n) is 2.79. The lowest BCUT2D eigenvalue weighted by atomic mass is 10.0. The summed E-state index contributed by atoms with van der Waals surface area (Å²) in [5.74, 6) is -2.15. The zero-order chi connectivity index (χ0) is 22.5. The molecule has 2 N–H and O–H groups in total. The molecule has 0 aliphatic rings. The number of hydrogen-bond donors (Lipinski definition) is 2. The molecule has 2 amide bonds. The third-order valence-electron chi connectivity index (χ3n) is 4.54. The van der Waals surface area contributed by atoms with E-state index in [1.54, 1.807) is 32.0 Å². The van der Waals surface area contributed by atoms with Crippen molar-refractivity contribution in [1.82, 2.24) is 14.9 Å². The van der Waals surface area contributed by atoms with E-state index in [0.29, 0.717) is 5.56 Å². The van der Waals surface area contributed by atoms with Crippen LogP contribution in [-0.2, 0) is 21.4 Å². The first-order chi connectivity index (χ1) is 14.1. The molecule has 0 aromatic heterocycles. The summed E-state index contributed by atoms with van der Waals surface area (Å²) in [4.78, 5) is 25.2. The van der Waals surface area contributed by atoms with E-state index in [1.807, 2.05) is 0 Å². The number of carbonyl (C=O) groups excluding carboxylic acids is 2. The van der Waals surface area contributed by atoms with Gasteiger partial charge in [0, 0.05) is 20.6 Å². The van der Waals surface area contributed by atoms with Crippen LogP contribution in [0.3, 0.4) is 0 Å². The van der Waals surface area contributed by atoms with E-state index in [0.717, 1.165) is 4.31 Å². The summed E-state index contributed by atoms with van der Waals surface area (Å²) < 4.78 is 39.9. The Hall–Kier alpha value is -2.78. The van der Waals surface area contributed by atoms with Crippen molar-refractivity contribution in [3.05, 3.63) is 65.5 Å². The van der Waals surface area contributed by atoms with Gasteiger partial charge in [-0.05, 0) is 29.7 Å². The maximum Gasteiger partial charge on any atom is 0.254 e. The van der Waals surface area contributed by atoms with Gasteiger partial charge in [0.25, 0.3) is 5.91 Å². The number of nitrogens with zero attached hydrogens (tertiary/aromatic N) is 1. The normalized spacial score (nSPS) is 12.6. The van der Waals surface area contributed by atoms with Gasteiger partial charge in [0.1, 0.15) is 11.9 Å². The highest BCUT2D eigenvalue weighted by molar-refractivity contribution is 7.89. The summed E-state index contributed by atoms with van der Waals surface area (Å²) in [5.41, 5.74) is 0.265. The zero-order valence-electron chi connectivity index (χ0n) is 17.3. The van der Waals surface area contributed by atoms with Crippen molar-refractivity contribution in [2.75, 3.05) is 14.1 Å². The third kappa shape index (κ3) is 5.43. The van der Waals surface area contributed by atoms with Crippen molar-refractivity contribution in [3.63, 3.8) is 0 Å². The van der Waals surface area contributed by atoms with E-state index >= 15 is 0 Å². The standard InChI is InChI=1S/C21H26FN3O4S/c1-14(2)19(24-20(26)16-10-6-7-11-17(16)22)21(27)23-13-15-9-5-8-12-18(15)30(28,29)25(3)4/h5-12,14,19H,13H2,1-4H3,(H,23,27)(H,24,26). The summed E-state index contributed by atoms with van der Waals surface area (Å²) in [5, 5.41) is 5.23. The van der Waals surface area contributed by atoms with Crippen molar-refractivity contribution >= 4 is 21.8 Å². The number of sulfonamides is 1. The molecule has 1 unspecified atom stereocenters. The molecule has 0 aliphatic heterocycles. The molecule has 2 aromatic rings. The number of hydrogen-bond acceptors (Lipinski definition) is 4. The number of carbonyl (C=O) groups is 2. The minimum absolute atomic E-state index is 0.0408. The van der Waals surface area contributed by atoms with Crippen LogP contribution in [0.15, 0.2) is 53.4 Å². The Bertz CT molecular complexity index is 1020. The van der Waals surface area contributed by atoms with Crippen LogP contribution in [0.25, 0.3) is 0 Å². The minimum atomic E-state index is -3.68. The van der Waals surface area contributed by atoms with Gasteiger partial charge in [-0.25, -0.2) is 17.1 Å². The molecule has 7 nitrogen and oxygen atoms in total. The molecule has 1 atom stereocenters. The molecule has 0 aliphatic carbocycles. The highest BCUT2D eigenvalue weighted by atomic mass is 32.2. The van der Waals surface area contributed by atoms with Gasteiger partial charge in [0.2, 0.25) is 15.9 Å². The molecule has 162 valence electrons. The van der Waals surface area contributed by atoms with Crippen LogP contribution in [0.2, 0.25) is 0 Å². The molecule has 0 heterocycles. The summed E-state index contributed by atoms with van der Waals surface area (Å²) >= 11 is 0. The Morgan fingerprint density at radius 2 is 1.63 bits per heavy atom. The molecule has 0 saturated heterocycles. The van der Waals surface area contributed by atoms with E-state index in [1.165, 1.54) is 44.4 Å². The minimum Gasteiger partial charge on any atom is -0.350 e. The van der Waals surface area contributed by atoms with Crippen LogP contribution in [0, 0.1) is 11.7 Å². The second-order valence-corrected chi connectivity index (χ2v) is 9.41. The fourth-order valence-corrected chi connectivity index (χ4v) is 3.91. The summed E-state index contributed by atoms with van der Waals surface area (Å²) in [7, 11) is -0.825. The largest absolute Gasteiger partial charge is 0.350 e. The van der Waals surface area contributed by atoms with E-state index in [9.17, 15) is 22.4 Å². The first-order valence-electron chi connectivity index (χ1n) is 9.39. The zero-order valence-corrected chi connectivity index (χ0v) is 18.2. The van der Waals surface area contributed by atoms with Gasteiger partial charge >= 0.3 is 0 Å². The second-order valence-electron chi connectivity index (χ2n) is 7.29. The van der Waals surface area contributed by atoms with Crippen molar-refractivity contribution in [1.29, 1.82) is 0 Å². The van der Waals surface area contributed by atoms with Gasteiger partial charge in [0.05, 0.1) is 10.5 Å². The van der Waals surface area contributed by atoms with Gasteiger partial charge < -0.3 is 10.6 Å². The molecule has 0 bridgehead atoms. The molecule has 9 heteroatoms. The van der Waals surface area contributed by atoms with Crippen LogP contribution < -0.4 is 10.6 Å². The number of rotatable bonds is 8. The van der Waals surface area contributed by atoms with Gasteiger partial charge in [0.15, 0.2) is 0 Å². The lowest BCUT2D eigenvalue weighted by molar-refractivity contribution is -0.124. The monoisotopic (exact) mass is 435 g/mol. The molecule has 2 aromatic carbocycles. The highest BCUT2D eigenvalue weighted by Crippen LogP contribution is 2.18. The molecule has 30 heavy (non-hydrogen) atoms. The molecular weight excluding hydrogens is 409 g/mol. The molecular formula is C21H26FN3O4S. The molecule has 0 radical (unpaired) electrons. The predicted molar refractivity (Wildman–Crippen MR) is 112 cm³/mol. The highest BCUT2D eigenvalue weighted by Gasteiger charge is 2.26. The van der Waals surface area contributed by atoms with Crippen LogP contribution in [0.4, 0.5) is 4.39 Å². The Kier molecular flexibility index (Phi) is 7.69. The van der Waals surface area contributed by atoms with Crippen molar-refractivity contribution < 1.29 is 22.4 Å². The van der Waals surface area contributed by atoms with Gasteiger partial charge in [-0.1, -0.05) is 44.2 Å². The average Bonchev–Trinajstić information content (AvgIpc) is 2.70. The van der Waals surface area contributed by atoms with Gasteiger partial charge in [-0.2, -0.15) is 0 Å². The SMILES string of the molecule is CC(C)C(NC(=O)c1ccccc1F)C(=O)NCc1ccccc1S(=O)(=O)N(C)C. The topological polar surface area (TPSA) is 95.6 Å². The Morgan fingerprint density at radius 1 is 1.03 bits per heavy atom. The summed E-state index contributed by atoms with van der Waals surface area (Å²) in [6.07, 6.45) is 0. The average molecular weight is 436 g/mol. The second kappa shape index (κ2) is 9.82. The van der Waals surface area contributed by atoms with Gasteiger partial charge in [-0.15, -0.1) is 0 Å². The first-order valence-corrected chi connectivity index (χ1v) is 10.8. The lowest BCUT2D eigenvalue weighted by Crippen LogP contribution is -2.49. The number of nitrogens with one attached hydrogen (secondary N) is 2. The van der Waals surface area contributed by atoms with E-state index in [2.05, 4.69) is 10.6 Å². The van der Waals surface area contributed by atoms with Crippen molar-refractivity contribution in [3.8, 4) is 0 Å². The summed E-state index contributed by atoms with van der Waals surface area (Å²) in [6, 6.07) is 10.9. The van der Waals surface area contributed by atoms with Crippen molar-refractivity contribution in [2.45, 2.75) is 31.3 Å². The first kappa shape index (κ1) is 23.5. The Morgan fingerprint density at radius 3 is 2.23 bits per heavy atom.